The summed E-state index contributed by atoms with van der Waals surface area (Å²) in [6, 6.07) is 18.2. The number of carbonyl (C=O) groups is 2. The molecule has 3 amide bonds. The highest BCUT2D eigenvalue weighted by atomic mass is 16.5. The summed E-state index contributed by atoms with van der Waals surface area (Å²) >= 11 is 0. The number of pyridine rings is 1. The summed E-state index contributed by atoms with van der Waals surface area (Å²) in [5, 5.41) is 13.1. The standard InChI is InChI=1S/C25H23N7O3/c1-35-20-14-18(10-12-27-20)28-24-21(23(26)33)22(30-31-24)16-6-8-17(9-7-16)29-25(34)32-13-11-15-4-2-3-5-19(15)32/h2-10,12,14H,11,13H2,1H3,(H2,26,33)(H,29,34)(H2,27,28,30,31). The molecule has 3 heterocycles. The zero-order valence-electron chi connectivity index (χ0n) is 18.9. The summed E-state index contributed by atoms with van der Waals surface area (Å²) in [6.45, 7) is 0.637. The second kappa shape index (κ2) is 9.18. The van der Waals surface area contributed by atoms with E-state index in [4.69, 9.17) is 10.5 Å². The minimum atomic E-state index is -0.637. The second-order valence-electron chi connectivity index (χ2n) is 7.94. The minimum Gasteiger partial charge on any atom is -0.481 e. The van der Waals surface area contributed by atoms with Gasteiger partial charge in [-0.15, -0.1) is 0 Å². The van der Waals surface area contributed by atoms with E-state index in [2.05, 4.69) is 25.8 Å². The van der Waals surface area contributed by atoms with Crippen LogP contribution in [-0.2, 0) is 6.42 Å². The van der Waals surface area contributed by atoms with Gasteiger partial charge in [0.05, 0.1) is 7.11 Å². The third kappa shape index (κ3) is 4.36. The molecule has 1 aliphatic rings. The quantitative estimate of drug-likeness (QED) is 0.338. The van der Waals surface area contributed by atoms with Crippen molar-refractivity contribution >= 4 is 34.8 Å². The number of rotatable bonds is 6. The van der Waals surface area contributed by atoms with E-state index < -0.39 is 5.91 Å². The van der Waals surface area contributed by atoms with Gasteiger partial charge in [-0.25, -0.2) is 9.78 Å². The average molecular weight is 470 g/mol. The SMILES string of the molecule is COc1cc(Nc2[nH]nc(-c3ccc(NC(=O)N4CCc5ccccc54)cc3)c2C(N)=O)ccn1. The van der Waals surface area contributed by atoms with Crippen molar-refractivity contribution in [2.45, 2.75) is 6.42 Å². The largest absolute Gasteiger partial charge is 0.481 e. The molecule has 2 aromatic carbocycles. The summed E-state index contributed by atoms with van der Waals surface area (Å²) in [5.41, 5.74) is 10.3. The van der Waals surface area contributed by atoms with Crippen molar-refractivity contribution in [3.8, 4) is 17.1 Å². The van der Waals surface area contributed by atoms with Crippen molar-refractivity contribution in [1.29, 1.82) is 0 Å². The fraction of sp³-hybridized carbons (Fsp3) is 0.120. The van der Waals surface area contributed by atoms with Crippen molar-refractivity contribution in [2.24, 2.45) is 5.73 Å². The number of methoxy groups -OCH3 is 1. The number of fused-ring (bicyclic) bond motifs is 1. The summed E-state index contributed by atoms with van der Waals surface area (Å²) in [6.07, 6.45) is 2.41. The number of hydrogen-bond donors (Lipinski definition) is 4. The minimum absolute atomic E-state index is 0.195. The summed E-state index contributed by atoms with van der Waals surface area (Å²) in [5.74, 6) is 0.138. The number of primary amides is 1. The number of nitrogens with zero attached hydrogens (tertiary/aromatic N) is 3. The van der Waals surface area contributed by atoms with E-state index in [1.165, 1.54) is 7.11 Å². The topological polar surface area (TPSA) is 138 Å². The molecule has 0 saturated carbocycles. The average Bonchev–Trinajstić information content (AvgIpc) is 3.49. The Morgan fingerprint density at radius 1 is 1.09 bits per heavy atom. The monoisotopic (exact) mass is 469 g/mol. The number of urea groups is 1. The smallest absolute Gasteiger partial charge is 0.326 e. The van der Waals surface area contributed by atoms with Crippen molar-refractivity contribution in [3.05, 3.63) is 78.0 Å². The van der Waals surface area contributed by atoms with Crippen LogP contribution in [0.2, 0.25) is 0 Å². The van der Waals surface area contributed by atoms with Gasteiger partial charge in [0.2, 0.25) is 5.88 Å². The Morgan fingerprint density at radius 3 is 2.66 bits per heavy atom. The molecule has 1 aliphatic heterocycles. The highest BCUT2D eigenvalue weighted by Crippen LogP contribution is 2.31. The second-order valence-corrected chi connectivity index (χ2v) is 7.94. The maximum Gasteiger partial charge on any atom is 0.326 e. The molecule has 0 spiro atoms. The molecular formula is C25H23N7O3. The normalized spacial score (nSPS) is 12.2. The number of ether oxygens (including phenoxy) is 1. The molecule has 0 radical (unpaired) electrons. The van der Waals surface area contributed by atoms with Crippen LogP contribution >= 0.6 is 0 Å². The highest BCUT2D eigenvalue weighted by Gasteiger charge is 2.24. The molecule has 0 atom stereocenters. The molecule has 5 N–H and O–H groups in total. The molecule has 5 rings (SSSR count). The van der Waals surface area contributed by atoms with Gasteiger partial charge in [-0.2, -0.15) is 5.10 Å². The molecule has 176 valence electrons. The van der Waals surface area contributed by atoms with E-state index >= 15 is 0 Å². The number of aromatic nitrogens is 3. The first-order valence-corrected chi connectivity index (χ1v) is 11.0. The Kier molecular flexibility index (Phi) is 5.76. The third-order valence-corrected chi connectivity index (χ3v) is 5.77. The summed E-state index contributed by atoms with van der Waals surface area (Å²) in [4.78, 5) is 30.9. The van der Waals surface area contributed by atoms with Gasteiger partial charge in [-0.05, 0) is 36.2 Å². The molecule has 0 unspecified atom stereocenters. The molecule has 10 nitrogen and oxygen atoms in total. The molecular weight excluding hydrogens is 446 g/mol. The van der Waals surface area contributed by atoms with Crippen LogP contribution in [0.25, 0.3) is 11.3 Å². The third-order valence-electron chi connectivity index (χ3n) is 5.77. The molecule has 10 heteroatoms. The Balaban J connectivity index is 1.34. The van der Waals surface area contributed by atoms with Crippen LogP contribution < -0.4 is 26.0 Å². The van der Waals surface area contributed by atoms with E-state index in [-0.39, 0.29) is 11.6 Å². The van der Waals surface area contributed by atoms with Crippen molar-refractivity contribution in [1.82, 2.24) is 15.2 Å². The van der Waals surface area contributed by atoms with E-state index in [9.17, 15) is 9.59 Å². The van der Waals surface area contributed by atoms with Crippen LogP contribution in [0.4, 0.5) is 27.7 Å². The first-order chi connectivity index (χ1) is 17.0. The van der Waals surface area contributed by atoms with E-state index in [0.717, 1.165) is 17.7 Å². The fourth-order valence-corrected chi connectivity index (χ4v) is 4.08. The number of nitrogens with one attached hydrogen (secondary N) is 3. The maximum atomic E-state index is 12.8. The number of nitrogens with two attached hydrogens (primary N) is 1. The Labute approximate surface area is 201 Å². The molecule has 0 bridgehead atoms. The van der Waals surface area contributed by atoms with Gasteiger partial charge in [0, 0.05) is 41.4 Å². The lowest BCUT2D eigenvalue weighted by atomic mass is 10.1. The summed E-state index contributed by atoms with van der Waals surface area (Å²) < 4.78 is 5.13. The number of para-hydroxylation sites is 1. The highest BCUT2D eigenvalue weighted by molar-refractivity contribution is 6.05. The van der Waals surface area contributed by atoms with Gasteiger partial charge in [-0.3, -0.25) is 14.8 Å². The lowest BCUT2D eigenvalue weighted by molar-refractivity contribution is 0.100. The van der Waals surface area contributed by atoms with Crippen LogP contribution in [0.15, 0.2) is 66.9 Å². The van der Waals surface area contributed by atoms with E-state index in [0.29, 0.717) is 40.9 Å². The van der Waals surface area contributed by atoms with Gasteiger partial charge in [-0.1, -0.05) is 30.3 Å². The zero-order valence-corrected chi connectivity index (χ0v) is 18.9. The first kappa shape index (κ1) is 22.0. The fourth-order valence-electron chi connectivity index (χ4n) is 4.08. The van der Waals surface area contributed by atoms with Gasteiger partial charge >= 0.3 is 6.03 Å². The Hall–Kier alpha value is -4.86. The molecule has 2 aromatic heterocycles. The van der Waals surface area contributed by atoms with Gasteiger partial charge in [0.25, 0.3) is 5.91 Å². The molecule has 35 heavy (non-hydrogen) atoms. The van der Waals surface area contributed by atoms with E-state index in [1.54, 1.807) is 47.5 Å². The van der Waals surface area contributed by atoms with Crippen LogP contribution in [-0.4, -0.2) is 40.8 Å². The number of aromatic amines is 1. The van der Waals surface area contributed by atoms with Crippen LogP contribution in [0.5, 0.6) is 5.88 Å². The summed E-state index contributed by atoms with van der Waals surface area (Å²) in [7, 11) is 1.52. The molecule has 4 aromatic rings. The van der Waals surface area contributed by atoms with Gasteiger partial charge < -0.3 is 21.1 Å². The number of amides is 3. The van der Waals surface area contributed by atoms with Crippen LogP contribution in [0.1, 0.15) is 15.9 Å². The number of H-pyrrole nitrogens is 1. The lowest BCUT2D eigenvalue weighted by Crippen LogP contribution is -2.33. The van der Waals surface area contributed by atoms with Crippen LogP contribution in [0, 0.1) is 0 Å². The van der Waals surface area contributed by atoms with Crippen molar-refractivity contribution in [3.63, 3.8) is 0 Å². The van der Waals surface area contributed by atoms with Crippen molar-refractivity contribution < 1.29 is 14.3 Å². The first-order valence-electron chi connectivity index (χ1n) is 11.0. The zero-order chi connectivity index (χ0) is 24.4. The van der Waals surface area contributed by atoms with Gasteiger partial charge in [0.15, 0.2) is 0 Å². The molecule has 0 fully saturated rings. The molecule has 0 saturated heterocycles. The Bertz CT molecular complexity index is 1400. The maximum absolute atomic E-state index is 12.8. The lowest BCUT2D eigenvalue weighted by Gasteiger charge is -2.18. The Morgan fingerprint density at radius 2 is 1.89 bits per heavy atom. The van der Waals surface area contributed by atoms with E-state index in [1.807, 2.05) is 24.3 Å². The molecule has 0 aliphatic carbocycles. The van der Waals surface area contributed by atoms with Crippen molar-refractivity contribution in [2.75, 3.05) is 29.2 Å². The number of hydrogen-bond acceptors (Lipinski definition) is 6. The predicted octanol–water partition coefficient (Wildman–Crippen LogP) is 3.92. The number of anilines is 4. The number of benzene rings is 2. The predicted molar refractivity (Wildman–Crippen MR) is 133 cm³/mol. The van der Waals surface area contributed by atoms with Gasteiger partial charge in [0.1, 0.15) is 17.1 Å². The number of carbonyl (C=O) groups excluding carboxylic acids is 2. The van der Waals surface area contributed by atoms with Crippen LogP contribution in [0.3, 0.4) is 0 Å².